The molecule has 1 atom stereocenters. The predicted molar refractivity (Wildman–Crippen MR) is 97.6 cm³/mol. The van der Waals surface area contributed by atoms with Crippen LogP contribution in [0.25, 0.3) is 0 Å². The molecular formula is C18H19N5O4. The maximum Gasteiger partial charge on any atom is 0.404 e. The monoisotopic (exact) mass is 369 g/mol. The number of pyridine rings is 2. The number of hydrogen-bond acceptors (Lipinski definition) is 6. The van der Waals surface area contributed by atoms with Gasteiger partial charge in [-0.1, -0.05) is 0 Å². The minimum absolute atomic E-state index is 0.121. The molecule has 0 saturated heterocycles. The molecule has 1 aliphatic heterocycles. The fourth-order valence-corrected chi connectivity index (χ4v) is 3.52. The van der Waals surface area contributed by atoms with Gasteiger partial charge in [0.15, 0.2) is 5.82 Å². The number of carbonyl (C=O) groups is 2. The molecule has 0 bridgehead atoms. The number of carbonyl (C=O) groups excluding carboxylic acids is 1. The molecule has 0 radical (unpaired) electrons. The van der Waals surface area contributed by atoms with Crippen LogP contribution in [0.4, 0.5) is 22.0 Å². The second kappa shape index (κ2) is 6.75. The van der Waals surface area contributed by atoms with Crippen LogP contribution in [0, 0.1) is 0 Å². The molecular weight excluding hydrogens is 350 g/mol. The lowest BCUT2D eigenvalue weighted by molar-refractivity contribution is -0.115. The van der Waals surface area contributed by atoms with Gasteiger partial charge in [-0.25, -0.2) is 9.78 Å². The molecule has 1 aliphatic carbocycles. The van der Waals surface area contributed by atoms with Gasteiger partial charge in [0.25, 0.3) is 0 Å². The van der Waals surface area contributed by atoms with E-state index in [0.29, 0.717) is 23.7 Å². The topological polar surface area (TPSA) is 117 Å². The van der Waals surface area contributed by atoms with Gasteiger partial charge >= 0.3 is 6.09 Å². The van der Waals surface area contributed by atoms with Crippen LogP contribution >= 0.6 is 0 Å². The molecule has 27 heavy (non-hydrogen) atoms. The second-order valence-electron chi connectivity index (χ2n) is 6.57. The van der Waals surface area contributed by atoms with Crippen molar-refractivity contribution in [3.05, 3.63) is 35.8 Å². The third-order valence-corrected chi connectivity index (χ3v) is 4.80. The van der Waals surface area contributed by atoms with Gasteiger partial charge in [0, 0.05) is 24.2 Å². The Kier molecular flexibility index (Phi) is 4.27. The first-order valence-electron chi connectivity index (χ1n) is 8.62. The largest absolute Gasteiger partial charge is 0.495 e. The van der Waals surface area contributed by atoms with Crippen LogP contribution in [0.15, 0.2) is 24.5 Å². The summed E-state index contributed by atoms with van der Waals surface area (Å²) in [7, 11) is 1.55. The van der Waals surface area contributed by atoms with Crippen molar-refractivity contribution in [1.82, 2.24) is 15.3 Å². The number of carboxylic acid groups (broad SMARTS) is 1. The third kappa shape index (κ3) is 3.35. The Hall–Kier alpha value is -3.36. The number of nitrogens with zero attached hydrogens (tertiary/aromatic N) is 3. The summed E-state index contributed by atoms with van der Waals surface area (Å²) < 4.78 is 5.18. The van der Waals surface area contributed by atoms with E-state index >= 15 is 0 Å². The van der Waals surface area contributed by atoms with Crippen molar-refractivity contribution in [2.75, 3.05) is 23.9 Å². The normalized spacial score (nSPS) is 18.2. The van der Waals surface area contributed by atoms with E-state index in [1.165, 1.54) is 0 Å². The average molecular weight is 369 g/mol. The first-order valence-corrected chi connectivity index (χ1v) is 8.62. The van der Waals surface area contributed by atoms with Crippen LogP contribution in [0.3, 0.4) is 0 Å². The fourth-order valence-electron chi connectivity index (χ4n) is 3.52. The zero-order valence-electron chi connectivity index (χ0n) is 14.7. The second-order valence-corrected chi connectivity index (χ2v) is 6.57. The van der Waals surface area contributed by atoms with E-state index in [-0.39, 0.29) is 18.5 Å². The van der Waals surface area contributed by atoms with Gasteiger partial charge in [0.2, 0.25) is 5.91 Å². The number of fused-ring (bicyclic) bond motifs is 2. The molecule has 9 nitrogen and oxygen atoms in total. The Balaban J connectivity index is 1.64. The molecule has 2 amide bonds. The molecule has 3 N–H and O–H groups in total. The maximum atomic E-state index is 12.1. The van der Waals surface area contributed by atoms with Gasteiger partial charge < -0.3 is 25.4 Å². The Labute approximate surface area is 155 Å². The highest BCUT2D eigenvalue weighted by Crippen LogP contribution is 2.36. The molecule has 0 spiro atoms. The first-order chi connectivity index (χ1) is 13.0. The van der Waals surface area contributed by atoms with Gasteiger partial charge in [-0.2, -0.15) is 0 Å². The van der Waals surface area contributed by atoms with Crippen molar-refractivity contribution >= 4 is 29.2 Å². The summed E-state index contributed by atoms with van der Waals surface area (Å²) >= 11 is 0. The quantitative estimate of drug-likeness (QED) is 0.754. The number of amides is 2. The van der Waals surface area contributed by atoms with Crippen molar-refractivity contribution in [3.8, 4) is 5.75 Å². The van der Waals surface area contributed by atoms with Gasteiger partial charge in [0.05, 0.1) is 30.9 Å². The minimum Gasteiger partial charge on any atom is -0.495 e. The van der Waals surface area contributed by atoms with E-state index in [1.54, 1.807) is 25.6 Å². The highest BCUT2D eigenvalue weighted by atomic mass is 16.5. The number of nitrogens with one attached hydrogen (secondary N) is 2. The summed E-state index contributed by atoms with van der Waals surface area (Å²) in [5.74, 6) is 1.07. The van der Waals surface area contributed by atoms with Gasteiger partial charge in [-0.15, -0.1) is 0 Å². The molecule has 2 aromatic heterocycles. The molecule has 1 unspecified atom stereocenters. The molecule has 2 aliphatic rings. The van der Waals surface area contributed by atoms with Gasteiger partial charge in [0.1, 0.15) is 12.3 Å². The van der Waals surface area contributed by atoms with Crippen molar-refractivity contribution in [1.29, 1.82) is 0 Å². The lowest BCUT2D eigenvalue weighted by Crippen LogP contribution is -2.38. The maximum absolute atomic E-state index is 12.1. The van der Waals surface area contributed by atoms with Crippen LogP contribution in [-0.4, -0.2) is 46.8 Å². The zero-order chi connectivity index (χ0) is 19.0. The Morgan fingerprint density at radius 3 is 3.00 bits per heavy atom. The van der Waals surface area contributed by atoms with Crippen molar-refractivity contribution < 1.29 is 19.4 Å². The molecule has 2 aromatic rings. The summed E-state index contributed by atoms with van der Waals surface area (Å²) in [6.45, 7) is 0.149. The van der Waals surface area contributed by atoms with E-state index in [0.717, 1.165) is 29.8 Å². The molecule has 3 heterocycles. The highest BCUT2D eigenvalue weighted by molar-refractivity contribution is 6.02. The summed E-state index contributed by atoms with van der Waals surface area (Å²) in [5.41, 5.74) is 3.33. The Morgan fingerprint density at radius 1 is 1.37 bits per heavy atom. The van der Waals surface area contributed by atoms with Crippen LogP contribution in [-0.2, 0) is 17.6 Å². The average Bonchev–Trinajstić information content (AvgIpc) is 2.65. The van der Waals surface area contributed by atoms with E-state index in [2.05, 4.69) is 20.6 Å². The van der Waals surface area contributed by atoms with Crippen molar-refractivity contribution in [3.63, 3.8) is 0 Å². The van der Waals surface area contributed by atoms with E-state index < -0.39 is 6.09 Å². The van der Waals surface area contributed by atoms with Gasteiger partial charge in [-0.3, -0.25) is 9.78 Å². The molecule has 0 saturated carbocycles. The molecule has 4 rings (SSSR count). The summed E-state index contributed by atoms with van der Waals surface area (Å²) in [5, 5.41) is 14.2. The smallest absolute Gasteiger partial charge is 0.404 e. The number of methoxy groups -OCH3 is 1. The minimum atomic E-state index is -1.02. The predicted octanol–water partition coefficient (Wildman–Crippen LogP) is 1.70. The highest BCUT2D eigenvalue weighted by Gasteiger charge is 2.27. The molecule has 0 fully saturated rings. The number of aromatic nitrogens is 2. The standard InChI is InChI=1S/C18H19N5O4/c1-27-13-6-15-17(20-8-13)23(9-16(24)22-15)12-4-10-2-3-11(21-18(25)26)5-14(10)19-7-12/h4,6-8,11,21H,2-3,5,9H2,1H3,(H,22,24)(H,25,26). The lowest BCUT2D eigenvalue weighted by Gasteiger charge is -2.31. The fraction of sp³-hybridized carbons (Fsp3) is 0.333. The van der Waals surface area contributed by atoms with Crippen LogP contribution in [0.1, 0.15) is 17.7 Å². The van der Waals surface area contributed by atoms with Gasteiger partial charge in [-0.05, 0) is 24.5 Å². The number of anilines is 3. The van der Waals surface area contributed by atoms with Crippen LogP contribution in [0.2, 0.25) is 0 Å². The SMILES string of the molecule is COc1cnc2c(c1)NC(=O)CN2c1cnc2c(c1)CCC(NC(=O)O)C2. The summed E-state index contributed by atoms with van der Waals surface area (Å²) in [6.07, 6.45) is 4.31. The summed E-state index contributed by atoms with van der Waals surface area (Å²) in [6, 6.07) is 3.62. The number of hydrogen-bond donors (Lipinski definition) is 3. The Morgan fingerprint density at radius 2 is 2.22 bits per heavy atom. The van der Waals surface area contributed by atoms with Crippen molar-refractivity contribution in [2.45, 2.75) is 25.3 Å². The molecule has 140 valence electrons. The summed E-state index contributed by atoms with van der Waals surface area (Å²) in [4.78, 5) is 33.7. The van der Waals surface area contributed by atoms with E-state index in [1.807, 2.05) is 11.0 Å². The first kappa shape index (κ1) is 17.1. The number of rotatable bonds is 3. The van der Waals surface area contributed by atoms with Crippen LogP contribution < -0.4 is 20.3 Å². The van der Waals surface area contributed by atoms with Crippen molar-refractivity contribution in [2.24, 2.45) is 0 Å². The number of aryl methyl sites for hydroxylation is 1. The van der Waals surface area contributed by atoms with E-state index in [9.17, 15) is 9.59 Å². The number of ether oxygens (including phenoxy) is 1. The third-order valence-electron chi connectivity index (χ3n) is 4.80. The van der Waals surface area contributed by atoms with Crippen LogP contribution in [0.5, 0.6) is 5.75 Å². The molecule has 9 heteroatoms. The Bertz CT molecular complexity index is 917. The molecule has 0 aromatic carbocycles. The lowest BCUT2D eigenvalue weighted by atomic mass is 9.92. The zero-order valence-corrected chi connectivity index (χ0v) is 14.7. The van der Waals surface area contributed by atoms with E-state index in [4.69, 9.17) is 9.84 Å².